The SMILES string of the molecule is COC1(C(=O)O)CC2(CCC2)C1. The summed E-state index contributed by atoms with van der Waals surface area (Å²) in [6.45, 7) is 0. The summed E-state index contributed by atoms with van der Waals surface area (Å²) in [4.78, 5) is 10.8. The van der Waals surface area contributed by atoms with Crippen molar-refractivity contribution in [2.75, 3.05) is 7.11 Å². The van der Waals surface area contributed by atoms with Gasteiger partial charge in [-0.25, -0.2) is 4.79 Å². The molecule has 0 unspecified atom stereocenters. The fourth-order valence-electron chi connectivity index (χ4n) is 2.57. The number of hydrogen-bond donors (Lipinski definition) is 1. The van der Waals surface area contributed by atoms with Gasteiger partial charge in [-0.15, -0.1) is 0 Å². The van der Waals surface area contributed by atoms with Crippen LogP contribution in [0.2, 0.25) is 0 Å². The number of aliphatic carboxylic acids is 1. The Labute approximate surface area is 71.7 Å². The summed E-state index contributed by atoms with van der Waals surface area (Å²) in [6, 6.07) is 0. The molecule has 3 nitrogen and oxygen atoms in total. The molecular weight excluding hydrogens is 156 g/mol. The fourth-order valence-corrected chi connectivity index (χ4v) is 2.57. The summed E-state index contributed by atoms with van der Waals surface area (Å²) in [5, 5.41) is 8.91. The molecule has 0 radical (unpaired) electrons. The van der Waals surface area contributed by atoms with Crippen molar-refractivity contribution in [2.24, 2.45) is 5.41 Å². The Morgan fingerprint density at radius 3 is 2.25 bits per heavy atom. The van der Waals surface area contributed by atoms with E-state index in [1.807, 2.05) is 0 Å². The van der Waals surface area contributed by atoms with Crippen LogP contribution in [-0.4, -0.2) is 23.8 Å². The van der Waals surface area contributed by atoms with Gasteiger partial charge in [0.1, 0.15) is 0 Å². The molecule has 2 saturated carbocycles. The van der Waals surface area contributed by atoms with Crippen LogP contribution >= 0.6 is 0 Å². The van der Waals surface area contributed by atoms with Crippen molar-refractivity contribution in [2.45, 2.75) is 37.7 Å². The van der Waals surface area contributed by atoms with Gasteiger partial charge in [0, 0.05) is 7.11 Å². The minimum atomic E-state index is -0.833. The topological polar surface area (TPSA) is 46.5 Å². The maximum absolute atomic E-state index is 10.8. The van der Waals surface area contributed by atoms with E-state index in [9.17, 15) is 4.79 Å². The molecule has 0 saturated heterocycles. The second-order valence-electron chi connectivity index (χ2n) is 4.21. The van der Waals surface area contributed by atoms with Crippen LogP contribution in [0.15, 0.2) is 0 Å². The third-order valence-corrected chi connectivity index (χ3v) is 3.52. The number of carboxylic acids is 1. The molecule has 2 aliphatic carbocycles. The molecule has 68 valence electrons. The number of hydrogen-bond acceptors (Lipinski definition) is 2. The van der Waals surface area contributed by atoms with Gasteiger partial charge in [0.05, 0.1) is 0 Å². The van der Waals surface area contributed by atoms with Crippen molar-refractivity contribution >= 4 is 5.97 Å². The van der Waals surface area contributed by atoms with E-state index in [2.05, 4.69) is 0 Å². The first-order valence-corrected chi connectivity index (χ1v) is 4.41. The third kappa shape index (κ3) is 0.829. The second kappa shape index (κ2) is 2.22. The Morgan fingerprint density at radius 2 is 2.00 bits per heavy atom. The summed E-state index contributed by atoms with van der Waals surface area (Å²) in [6.07, 6.45) is 5.12. The van der Waals surface area contributed by atoms with E-state index in [4.69, 9.17) is 9.84 Å². The third-order valence-electron chi connectivity index (χ3n) is 3.52. The summed E-state index contributed by atoms with van der Waals surface area (Å²) in [5.74, 6) is -0.789. The predicted octanol–water partition coefficient (Wildman–Crippen LogP) is 1.42. The standard InChI is InChI=1S/C9H14O3/c1-12-9(7(10)11)5-8(6-9)3-2-4-8/h2-6H2,1H3,(H,10,11). The van der Waals surface area contributed by atoms with E-state index >= 15 is 0 Å². The molecular formula is C9H14O3. The molecule has 0 atom stereocenters. The van der Waals surface area contributed by atoms with Crippen LogP contribution in [0.3, 0.4) is 0 Å². The minimum absolute atomic E-state index is 0.356. The van der Waals surface area contributed by atoms with Gasteiger partial charge in [-0.3, -0.25) is 0 Å². The van der Waals surface area contributed by atoms with Crippen molar-refractivity contribution in [3.63, 3.8) is 0 Å². The normalized spacial score (nSPS) is 29.1. The Hall–Kier alpha value is -0.570. The van der Waals surface area contributed by atoms with Gasteiger partial charge in [-0.1, -0.05) is 6.42 Å². The van der Waals surface area contributed by atoms with Crippen LogP contribution in [0.1, 0.15) is 32.1 Å². The van der Waals surface area contributed by atoms with Gasteiger partial charge in [-0.05, 0) is 31.1 Å². The molecule has 0 aliphatic heterocycles. The lowest BCUT2D eigenvalue weighted by Gasteiger charge is -2.58. The Morgan fingerprint density at radius 1 is 1.42 bits per heavy atom. The van der Waals surface area contributed by atoms with E-state index in [1.165, 1.54) is 26.4 Å². The van der Waals surface area contributed by atoms with Crippen molar-refractivity contribution in [1.29, 1.82) is 0 Å². The number of rotatable bonds is 2. The van der Waals surface area contributed by atoms with E-state index in [1.54, 1.807) is 0 Å². The summed E-state index contributed by atoms with van der Waals surface area (Å²) in [5.41, 5.74) is -0.477. The lowest BCUT2D eigenvalue weighted by Crippen LogP contribution is -2.60. The molecule has 3 heteroatoms. The Kier molecular flexibility index (Phi) is 1.49. The molecule has 0 aromatic heterocycles. The highest BCUT2D eigenvalue weighted by atomic mass is 16.5. The van der Waals surface area contributed by atoms with E-state index in [-0.39, 0.29) is 0 Å². The largest absolute Gasteiger partial charge is 0.479 e. The van der Waals surface area contributed by atoms with Gasteiger partial charge >= 0.3 is 5.97 Å². The zero-order chi connectivity index (χ0) is 8.82. The van der Waals surface area contributed by atoms with E-state index < -0.39 is 11.6 Å². The molecule has 1 spiro atoms. The van der Waals surface area contributed by atoms with Crippen LogP contribution in [0.4, 0.5) is 0 Å². The highest BCUT2D eigenvalue weighted by molar-refractivity contribution is 5.79. The summed E-state index contributed by atoms with van der Waals surface area (Å²) >= 11 is 0. The monoisotopic (exact) mass is 170 g/mol. The molecule has 12 heavy (non-hydrogen) atoms. The van der Waals surface area contributed by atoms with Crippen LogP contribution in [0.5, 0.6) is 0 Å². The van der Waals surface area contributed by atoms with Gasteiger partial charge in [-0.2, -0.15) is 0 Å². The molecule has 0 amide bonds. The van der Waals surface area contributed by atoms with Crippen molar-refractivity contribution < 1.29 is 14.6 Å². The molecule has 0 heterocycles. The van der Waals surface area contributed by atoms with E-state index in [0.717, 1.165) is 12.8 Å². The summed E-state index contributed by atoms with van der Waals surface area (Å²) in [7, 11) is 1.50. The van der Waals surface area contributed by atoms with E-state index in [0.29, 0.717) is 5.41 Å². The van der Waals surface area contributed by atoms with Gasteiger partial charge in [0.15, 0.2) is 5.60 Å². The number of carboxylic acid groups (broad SMARTS) is 1. The first-order valence-electron chi connectivity index (χ1n) is 4.41. The van der Waals surface area contributed by atoms with Gasteiger partial charge < -0.3 is 9.84 Å². The molecule has 0 aromatic carbocycles. The first-order chi connectivity index (χ1) is 5.63. The van der Waals surface area contributed by atoms with Crippen molar-refractivity contribution in [3.8, 4) is 0 Å². The highest BCUT2D eigenvalue weighted by Crippen LogP contribution is 2.61. The predicted molar refractivity (Wildman–Crippen MR) is 42.9 cm³/mol. The summed E-state index contributed by atoms with van der Waals surface area (Å²) < 4.78 is 5.07. The smallest absolute Gasteiger partial charge is 0.335 e. The zero-order valence-electron chi connectivity index (χ0n) is 7.30. The zero-order valence-corrected chi connectivity index (χ0v) is 7.30. The number of carbonyl (C=O) groups is 1. The highest BCUT2D eigenvalue weighted by Gasteiger charge is 2.61. The van der Waals surface area contributed by atoms with Crippen molar-refractivity contribution in [3.05, 3.63) is 0 Å². The van der Waals surface area contributed by atoms with Crippen LogP contribution < -0.4 is 0 Å². The minimum Gasteiger partial charge on any atom is -0.479 e. The molecule has 2 rings (SSSR count). The number of ether oxygens (including phenoxy) is 1. The molecule has 0 bridgehead atoms. The van der Waals surface area contributed by atoms with Gasteiger partial charge in [0.2, 0.25) is 0 Å². The number of methoxy groups -OCH3 is 1. The molecule has 2 aliphatic rings. The maximum Gasteiger partial charge on any atom is 0.335 e. The molecule has 1 N–H and O–H groups in total. The lowest BCUT2D eigenvalue weighted by molar-refractivity contribution is -0.207. The second-order valence-corrected chi connectivity index (χ2v) is 4.21. The Bertz CT molecular complexity index is 210. The van der Waals surface area contributed by atoms with Crippen LogP contribution in [-0.2, 0) is 9.53 Å². The van der Waals surface area contributed by atoms with Crippen LogP contribution in [0.25, 0.3) is 0 Å². The quantitative estimate of drug-likeness (QED) is 0.681. The fraction of sp³-hybridized carbons (Fsp3) is 0.889. The lowest BCUT2D eigenvalue weighted by atomic mass is 9.50. The molecule has 0 aromatic rings. The first kappa shape index (κ1) is 8.05. The average molecular weight is 170 g/mol. The van der Waals surface area contributed by atoms with Crippen molar-refractivity contribution in [1.82, 2.24) is 0 Å². The van der Waals surface area contributed by atoms with Gasteiger partial charge in [0.25, 0.3) is 0 Å². The Balaban J connectivity index is 2.03. The van der Waals surface area contributed by atoms with Crippen LogP contribution in [0, 0.1) is 5.41 Å². The molecule has 2 fully saturated rings. The average Bonchev–Trinajstić information content (AvgIpc) is 1.82. The maximum atomic E-state index is 10.8.